The summed E-state index contributed by atoms with van der Waals surface area (Å²) >= 11 is 1.00. The van der Waals surface area contributed by atoms with Crippen LogP contribution in [-0.4, -0.2) is 36.5 Å². The predicted molar refractivity (Wildman–Crippen MR) is 127 cm³/mol. The molecule has 1 saturated heterocycles. The van der Waals surface area contributed by atoms with Gasteiger partial charge in [0.2, 0.25) is 5.91 Å². The molecule has 0 aliphatic carbocycles. The van der Waals surface area contributed by atoms with Gasteiger partial charge in [-0.25, -0.2) is 9.98 Å². The third-order valence-electron chi connectivity index (χ3n) is 4.56. The van der Waals surface area contributed by atoms with Crippen molar-refractivity contribution in [3.63, 3.8) is 0 Å². The van der Waals surface area contributed by atoms with Crippen molar-refractivity contribution in [3.8, 4) is 0 Å². The number of halogens is 4. The van der Waals surface area contributed by atoms with Gasteiger partial charge in [-0.05, 0) is 31.0 Å². The van der Waals surface area contributed by atoms with E-state index in [1.165, 1.54) is 0 Å². The molecule has 0 bridgehead atoms. The molecule has 1 fully saturated rings. The molecule has 170 valence electrons. The van der Waals surface area contributed by atoms with Gasteiger partial charge < -0.3 is 15.5 Å². The van der Waals surface area contributed by atoms with E-state index in [4.69, 9.17) is 0 Å². The molecule has 1 aromatic heterocycles. The lowest BCUT2D eigenvalue weighted by molar-refractivity contribution is -0.140. The summed E-state index contributed by atoms with van der Waals surface area (Å²) in [7, 11) is 0. The minimum atomic E-state index is -4.41. The van der Waals surface area contributed by atoms with Crippen LogP contribution in [0, 0.1) is 0 Å². The Labute approximate surface area is 200 Å². The zero-order chi connectivity index (χ0) is 21.6. The standard InChI is InChI=1S/C20H24F3N5OS.HI/c1-2-24-19(25-10-9-17-27-16(13-30-17)20(21,22)23)26-12-14-5-7-15(8-6-14)28-11-3-4-18(28)29;/h5-8,13H,2-4,9-12H2,1H3,(H2,24,25,26);1H. The number of guanidine groups is 1. The van der Waals surface area contributed by atoms with E-state index >= 15 is 0 Å². The van der Waals surface area contributed by atoms with Crippen molar-refractivity contribution in [2.75, 3.05) is 24.5 Å². The van der Waals surface area contributed by atoms with E-state index in [-0.39, 0.29) is 29.9 Å². The van der Waals surface area contributed by atoms with E-state index in [1.54, 1.807) is 4.90 Å². The van der Waals surface area contributed by atoms with Crippen LogP contribution in [0.5, 0.6) is 0 Å². The molecule has 2 aromatic rings. The van der Waals surface area contributed by atoms with Crippen LogP contribution in [-0.2, 0) is 23.9 Å². The summed E-state index contributed by atoms with van der Waals surface area (Å²) in [6.07, 6.45) is -2.54. The quantitative estimate of drug-likeness (QED) is 0.299. The summed E-state index contributed by atoms with van der Waals surface area (Å²) in [4.78, 5) is 21.8. The van der Waals surface area contributed by atoms with E-state index in [0.29, 0.717) is 43.4 Å². The van der Waals surface area contributed by atoms with Crippen LogP contribution in [0.25, 0.3) is 0 Å². The number of aliphatic imine (C=N–C) groups is 1. The van der Waals surface area contributed by atoms with Crippen LogP contribution >= 0.6 is 35.3 Å². The van der Waals surface area contributed by atoms with Crippen LogP contribution in [0.2, 0.25) is 0 Å². The summed E-state index contributed by atoms with van der Waals surface area (Å²) in [5, 5.41) is 7.70. The van der Waals surface area contributed by atoms with Gasteiger partial charge in [0.05, 0.1) is 11.6 Å². The second-order valence-corrected chi connectivity index (χ2v) is 7.75. The number of benzene rings is 1. The molecule has 31 heavy (non-hydrogen) atoms. The van der Waals surface area contributed by atoms with E-state index in [0.717, 1.165) is 40.9 Å². The summed E-state index contributed by atoms with van der Waals surface area (Å²) in [5.41, 5.74) is 1.05. The first-order valence-electron chi connectivity index (χ1n) is 9.80. The number of carbonyl (C=O) groups excluding carboxylic acids is 1. The normalized spacial score (nSPS) is 14.5. The minimum Gasteiger partial charge on any atom is -0.357 e. The van der Waals surface area contributed by atoms with Crippen LogP contribution < -0.4 is 15.5 Å². The van der Waals surface area contributed by atoms with Gasteiger partial charge in [0, 0.05) is 43.5 Å². The van der Waals surface area contributed by atoms with Gasteiger partial charge in [0.25, 0.3) is 0 Å². The van der Waals surface area contributed by atoms with Gasteiger partial charge in [0.1, 0.15) is 0 Å². The maximum absolute atomic E-state index is 12.6. The molecule has 2 N–H and O–H groups in total. The van der Waals surface area contributed by atoms with Crippen LogP contribution in [0.1, 0.15) is 36.0 Å². The van der Waals surface area contributed by atoms with Crippen molar-refractivity contribution < 1.29 is 18.0 Å². The molecule has 0 saturated carbocycles. The molecule has 0 spiro atoms. The van der Waals surface area contributed by atoms with Crippen molar-refractivity contribution >= 4 is 52.9 Å². The SMILES string of the molecule is CCNC(=NCc1ccc(N2CCCC2=O)cc1)NCCc1nc(C(F)(F)F)cs1.I. The summed E-state index contributed by atoms with van der Waals surface area (Å²) in [6.45, 7) is 4.23. The first kappa shape index (κ1) is 25.4. The Hall–Kier alpha value is -1.89. The van der Waals surface area contributed by atoms with Gasteiger partial charge in [-0.2, -0.15) is 13.2 Å². The number of aromatic nitrogens is 1. The molecule has 1 aliphatic rings. The molecule has 3 rings (SSSR count). The van der Waals surface area contributed by atoms with Crippen molar-refractivity contribution in [2.24, 2.45) is 4.99 Å². The topological polar surface area (TPSA) is 69.6 Å². The maximum atomic E-state index is 12.6. The highest BCUT2D eigenvalue weighted by molar-refractivity contribution is 14.0. The fourth-order valence-electron chi connectivity index (χ4n) is 3.06. The molecule has 1 aliphatic heterocycles. The number of hydrogen-bond acceptors (Lipinski definition) is 4. The minimum absolute atomic E-state index is 0. The Morgan fingerprint density at radius 1 is 1.26 bits per heavy atom. The Morgan fingerprint density at radius 3 is 2.58 bits per heavy atom. The molecule has 0 atom stereocenters. The average molecular weight is 567 g/mol. The highest BCUT2D eigenvalue weighted by atomic mass is 127. The largest absolute Gasteiger partial charge is 0.434 e. The molecular formula is C20H25F3IN5OS. The molecule has 1 aromatic carbocycles. The molecule has 0 radical (unpaired) electrons. The Bertz CT molecular complexity index is 886. The highest BCUT2D eigenvalue weighted by Gasteiger charge is 2.33. The first-order valence-corrected chi connectivity index (χ1v) is 10.7. The molecule has 11 heteroatoms. The number of rotatable bonds is 7. The predicted octanol–water partition coefficient (Wildman–Crippen LogP) is 4.20. The number of nitrogens with one attached hydrogen (secondary N) is 2. The lowest BCUT2D eigenvalue weighted by atomic mass is 10.2. The summed E-state index contributed by atoms with van der Waals surface area (Å²) < 4.78 is 37.9. The Balaban J connectivity index is 0.00000341. The fraction of sp³-hybridized carbons (Fsp3) is 0.450. The number of hydrogen-bond donors (Lipinski definition) is 2. The highest BCUT2D eigenvalue weighted by Crippen LogP contribution is 2.30. The second kappa shape index (κ2) is 11.7. The molecule has 6 nitrogen and oxygen atoms in total. The fourth-order valence-corrected chi connectivity index (χ4v) is 3.86. The van der Waals surface area contributed by atoms with Crippen LogP contribution in [0.3, 0.4) is 0 Å². The van der Waals surface area contributed by atoms with E-state index in [1.807, 2.05) is 31.2 Å². The zero-order valence-corrected chi connectivity index (χ0v) is 20.2. The maximum Gasteiger partial charge on any atom is 0.434 e. The number of amides is 1. The van der Waals surface area contributed by atoms with Gasteiger partial charge >= 0.3 is 6.18 Å². The second-order valence-electron chi connectivity index (χ2n) is 6.81. The number of alkyl halides is 3. The van der Waals surface area contributed by atoms with Gasteiger partial charge in [-0.3, -0.25) is 4.79 Å². The van der Waals surface area contributed by atoms with Crippen molar-refractivity contribution in [1.29, 1.82) is 0 Å². The van der Waals surface area contributed by atoms with E-state index in [9.17, 15) is 18.0 Å². The monoisotopic (exact) mass is 567 g/mol. The molecule has 0 unspecified atom stereocenters. The van der Waals surface area contributed by atoms with E-state index < -0.39 is 11.9 Å². The van der Waals surface area contributed by atoms with Gasteiger partial charge in [0.15, 0.2) is 11.7 Å². The van der Waals surface area contributed by atoms with Crippen molar-refractivity contribution in [3.05, 3.63) is 45.9 Å². The first-order chi connectivity index (χ1) is 14.4. The summed E-state index contributed by atoms with van der Waals surface area (Å²) in [5.74, 6) is 0.742. The Kier molecular flexibility index (Phi) is 9.54. The number of carbonyl (C=O) groups is 1. The number of nitrogens with zero attached hydrogens (tertiary/aromatic N) is 3. The van der Waals surface area contributed by atoms with E-state index in [2.05, 4.69) is 20.6 Å². The smallest absolute Gasteiger partial charge is 0.357 e. The molecule has 1 amide bonds. The van der Waals surface area contributed by atoms with Crippen LogP contribution in [0.15, 0.2) is 34.6 Å². The lowest BCUT2D eigenvalue weighted by Gasteiger charge is -2.15. The molecule has 2 heterocycles. The van der Waals surface area contributed by atoms with Crippen LogP contribution in [0.4, 0.5) is 18.9 Å². The third-order valence-corrected chi connectivity index (χ3v) is 5.47. The Morgan fingerprint density at radius 2 is 2.00 bits per heavy atom. The van der Waals surface area contributed by atoms with Crippen molar-refractivity contribution in [1.82, 2.24) is 15.6 Å². The number of thiazole rings is 1. The average Bonchev–Trinajstić information content (AvgIpc) is 3.35. The number of anilines is 1. The van der Waals surface area contributed by atoms with Gasteiger partial charge in [-0.15, -0.1) is 35.3 Å². The molecular weight excluding hydrogens is 542 g/mol. The van der Waals surface area contributed by atoms with Crippen molar-refractivity contribution in [2.45, 2.75) is 38.9 Å². The van der Waals surface area contributed by atoms with Gasteiger partial charge in [-0.1, -0.05) is 12.1 Å². The zero-order valence-electron chi connectivity index (χ0n) is 17.0. The summed E-state index contributed by atoms with van der Waals surface area (Å²) in [6, 6.07) is 7.74. The lowest BCUT2D eigenvalue weighted by Crippen LogP contribution is -2.38. The third kappa shape index (κ3) is 7.34.